The number of sulfonamides is 1. The molecule has 0 radical (unpaired) electrons. The number of hydrogen-bond acceptors (Lipinski definition) is 3. The highest BCUT2D eigenvalue weighted by Crippen LogP contribution is 2.30. The van der Waals surface area contributed by atoms with Crippen LogP contribution in [0.3, 0.4) is 0 Å². The summed E-state index contributed by atoms with van der Waals surface area (Å²) in [5, 5.41) is 0. The molecule has 3 unspecified atom stereocenters. The van der Waals surface area contributed by atoms with Gasteiger partial charge in [-0.3, -0.25) is 0 Å². The predicted octanol–water partition coefficient (Wildman–Crippen LogP) is 2.51. The van der Waals surface area contributed by atoms with Gasteiger partial charge in [-0.25, -0.2) is 17.5 Å². The first kappa shape index (κ1) is 15.3. The summed E-state index contributed by atoms with van der Waals surface area (Å²) in [4.78, 5) is -0.336. The van der Waals surface area contributed by atoms with E-state index in [-0.39, 0.29) is 22.5 Å². The molecular weight excluding hydrogens is 279 g/mol. The van der Waals surface area contributed by atoms with Crippen LogP contribution in [0.2, 0.25) is 0 Å². The Morgan fingerprint density at radius 3 is 2.60 bits per heavy atom. The molecule has 6 heteroatoms. The summed E-state index contributed by atoms with van der Waals surface area (Å²) in [6.07, 6.45) is 2.76. The highest BCUT2D eigenvalue weighted by Gasteiger charge is 2.30. The van der Waals surface area contributed by atoms with Crippen LogP contribution in [0.1, 0.15) is 33.1 Å². The SMILES string of the molecule is CC1CCC(NS(=O)(=O)c2ccc(N)cc2F)C(C)C1. The van der Waals surface area contributed by atoms with E-state index in [1.54, 1.807) is 0 Å². The van der Waals surface area contributed by atoms with Crippen LogP contribution in [0, 0.1) is 17.7 Å². The minimum Gasteiger partial charge on any atom is -0.399 e. The van der Waals surface area contributed by atoms with Crippen molar-refractivity contribution in [3.05, 3.63) is 24.0 Å². The lowest BCUT2D eigenvalue weighted by Gasteiger charge is -2.32. The number of nitrogens with one attached hydrogen (secondary N) is 1. The molecule has 1 fully saturated rings. The summed E-state index contributed by atoms with van der Waals surface area (Å²) in [6.45, 7) is 4.20. The second-order valence-electron chi connectivity index (χ2n) is 5.81. The van der Waals surface area contributed by atoms with Gasteiger partial charge in [0.15, 0.2) is 0 Å². The number of hydrogen-bond donors (Lipinski definition) is 2. The van der Waals surface area contributed by atoms with Gasteiger partial charge in [-0.2, -0.15) is 0 Å². The van der Waals surface area contributed by atoms with Gasteiger partial charge in [0.1, 0.15) is 10.7 Å². The monoisotopic (exact) mass is 300 g/mol. The number of benzene rings is 1. The van der Waals surface area contributed by atoms with Gasteiger partial charge in [-0.05, 0) is 49.3 Å². The summed E-state index contributed by atoms with van der Waals surface area (Å²) in [6, 6.07) is 3.50. The third-order valence-electron chi connectivity index (χ3n) is 3.98. The quantitative estimate of drug-likeness (QED) is 0.843. The molecule has 0 bridgehead atoms. The van der Waals surface area contributed by atoms with E-state index in [0.717, 1.165) is 25.3 Å². The molecule has 0 heterocycles. The van der Waals surface area contributed by atoms with Crippen molar-refractivity contribution in [3.63, 3.8) is 0 Å². The van der Waals surface area contributed by atoms with E-state index < -0.39 is 15.8 Å². The smallest absolute Gasteiger partial charge is 0.243 e. The number of halogens is 1. The fraction of sp³-hybridized carbons (Fsp3) is 0.571. The summed E-state index contributed by atoms with van der Waals surface area (Å²) in [5.74, 6) is 0.0544. The maximum absolute atomic E-state index is 13.8. The van der Waals surface area contributed by atoms with Crippen molar-refractivity contribution in [1.82, 2.24) is 4.72 Å². The van der Waals surface area contributed by atoms with Crippen LogP contribution in [-0.4, -0.2) is 14.5 Å². The van der Waals surface area contributed by atoms with Crippen LogP contribution in [0.25, 0.3) is 0 Å². The summed E-state index contributed by atoms with van der Waals surface area (Å²) >= 11 is 0. The first-order valence-electron chi connectivity index (χ1n) is 6.87. The number of nitrogens with two attached hydrogens (primary N) is 1. The maximum Gasteiger partial charge on any atom is 0.243 e. The molecule has 1 aliphatic carbocycles. The third-order valence-corrected chi connectivity index (χ3v) is 5.51. The number of rotatable bonds is 3. The van der Waals surface area contributed by atoms with Crippen molar-refractivity contribution in [2.24, 2.45) is 11.8 Å². The topological polar surface area (TPSA) is 72.2 Å². The Balaban J connectivity index is 2.19. The Kier molecular flexibility index (Phi) is 4.34. The van der Waals surface area contributed by atoms with Crippen LogP contribution >= 0.6 is 0 Å². The zero-order valence-electron chi connectivity index (χ0n) is 11.8. The zero-order valence-corrected chi connectivity index (χ0v) is 12.6. The summed E-state index contributed by atoms with van der Waals surface area (Å²) in [5.41, 5.74) is 5.65. The van der Waals surface area contributed by atoms with E-state index in [4.69, 9.17) is 5.73 Å². The Labute approximate surface area is 119 Å². The second-order valence-corrected chi connectivity index (χ2v) is 7.50. The molecule has 4 nitrogen and oxygen atoms in total. The van der Waals surface area contributed by atoms with E-state index in [1.165, 1.54) is 12.1 Å². The Morgan fingerprint density at radius 1 is 1.30 bits per heavy atom. The average molecular weight is 300 g/mol. The second kappa shape index (κ2) is 5.69. The highest BCUT2D eigenvalue weighted by atomic mass is 32.2. The summed E-state index contributed by atoms with van der Waals surface area (Å²) < 4.78 is 40.9. The van der Waals surface area contributed by atoms with Gasteiger partial charge < -0.3 is 5.73 Å². The van der Waals surface area contributed by atoms with Gasteiger partial charge in [0.2, 0.25) is 10.0 Å². The molecule has 20 heavy (non-hydrogen) atoms. The largest absolute Gasteiger partial charge is 0.399 e. The first-order valence-corrected chi connectivity index (χ1v) is 8.35. The molecular formula is C14H21FN2O2S. The standard InChI is InChI=1S/C14H21FN2O2S/c1-9-3-5-13(10(2)7-9)17-20(18,19)14-6-4-11(16)8-12(14)15/h4,6,8-10,13,17H,3,5,7,16H2,1-2H3. The molecule has 3 atom stereocenters. The van der Waals surface area contributed by atoms with Crippen molar-refractivity contribution in [3.8, 4) is 0 Å². The Hall–Kier alpha value is -1.14. The average Bonchev–Trinajstić information content (AvgIpc) is 2.32. The fourth-order valence-electron chi connectivity index (χ4n) is 2.84. The number of anilines is 1. The number of nitrogen functional groups attached to an aromatic ring is 1. The Bertz CT molecular complexity index is 589. The molecule has 0 saturated heterocycles. The lowest BCUT2D eigenvalue weighted by molar-refractivity contribution is 0.249. The first-order chi connectivity index (χ1) is 9.29. The predicted molar refractivity (Wildman–Crippen MR) is 77.1 cm³/mol. The van der Waals surface area contributed by atoms with Gasteiger partial charge >= 0.3 is 0 Å². The van der Waals surface area contributed by atoms with Crippen molar-refractivity contribution in [2.75, 3.05) is 5.73 Å². The molecule has 3 N–H and O–H groups in total. The van der Waals surface area contributed by atoms with E-state index >= 15 is 0 Å². The molecule has 0 aliphatic heterocycles. The molecule has 0 aromatic heterocycles. The zero-order chi connectivity index (χ0) is 14.9. The van der Waals surface area contributed by atoms with Crippen LogP contribution in [0.15, 0.2) is 23.1 Å². The minimum atomic E-state index is -3.84. The van der Waals surface area contributed by atoms with Crippen LogP contribution in [0.5, 0.6) is 0 Å². The lowest BCUT2D eigenvalue weighted by Crippen LogP contribution is -2.42. The van der Waals surface area contributed by atoms with Crippen LogP contribution in [-0.2, 0) is 10.0 Å². The van der Waals surface area contributed by atoms with Gasteiger partial charge in [0, 0.05) is 11.7 Å². The maximum atomic E-state index is 13.8. The van der Waals surface area contributed by atoms with Gasteiger partial charge in [-0.1, -0.05) is 13.8 Å². The molecule has 2 rings (SSSR count). The van der Waals surface area contributed by atoms with Crippen LogP contribution < -0.4 is 10.5 Å². The Morgan fingerprint density at radius 2 is 2.00 bits per heavy atom. The van der Waals surface area contributed by atoms with Gasteiger partial charge in [0.05, 0.1) is 0 Å². The van der Waals surface area contributed by atoms with Gasteiger partial charge in [-0.15, -0.1) is 0 Å². The van der Waals surface area contributed by atoms with E-state index in [2.05, 4.69) is 11.6 Å². The lowest BCUT2D eigenvalue weighted by atomic mass is 9.80. The van der Waals surface area contributed by atoms with Crippen molar-refractivity contribution < 1.29 is 12.8 Å². The normalized spacial score (nSPS) is 27.4. The molecule has 112 valence electrons. The highest BCUT2D eigenvalue weighted by molar-refractivity contribution is 7.89. The molecule has 1 aromatic carbocycles. The van der Waals surface area contributed by atoms with E-state index in [0.29, 0.717) is 5.92 Å². The van der Waals surface area contributed by atoms with Gasteiger partial charge in [0.25, 0.3) is 0 Å². The third kappa shape index (κ3) is 3.30. The van der Waals surface area contributed by atoms with E-state index in [1.807, 2.05) is 6.92 Å². The van der Waals surface area contributed by atoms with E-state index in [9.17, 15) is 12.8 Å². The molecule has 1 saturated carbocycles. The minimum absolute atomic E-state index is 0.131. The van der Waals surface area contributed by atoms with Crippen molar-refractivity contribution in [2.45, 2.75) is 44.0 Å². The van der Waals surface area contributed by atoms with Crippen molar-refractivity contribution in [1.29, 1.82) is 0 Å². The molecule has 0 amide bonds. The molecule has 0 spiro atoms. The summed E-state index contributed by atoms with van der Waals surface area (Å²) in [7, 11) is -3.84. The van der Waals surface area contributed by atoms with Crippen molar-refractivity contribution >= 4 is 15.7 Å². The molecule has 1 aromatic rings. The fourth-order valence-corrected chi connectivity index (χ4v) is 4.28. The molecule has 1 aliphatic rings. The van der Waals surface area contributed by atoms with Crippen LogP contribution in [0.4, 0.5) is 10.1 Å².